The van der Waals surface area contributed by atoms with E-state index in [0.717, 1.165) is 24.3 Å². The van der Waals surface area contributed by atoms with E-state index in [4.69, 9.17) is 9.47 Å². The van der Waals surface area contributed by atoms with Crippen LogP contribution in [0.3, 0.4) is 0 Å². The lowest BCUT2D eigenvalue weighted by Crippen LogP contribution is -2.28. The molecule has 1 saturated heterocycles. The van der Waals surface area contributed by atoms with E-state index in [9.17, 15) is 39.5 Å². The summed E-state index contributed by atoms with van der Waals surface area (Å²) < 4.78 is 145. The lowest BCUT2D eigenvalue weighted by Gasteiger charge is -2.28. The molecular formula is C32H21F9O3. The van der Waals surface area contributed by atoms with Crippen LogP contribution in [0.4, 0.5) is 39.5 Å². The van der Waals surface area contributed by atoms with E-state index in [1.54, 1.807) is 13.0 Å². The van der Waals surface area contributed by atoms with Crippen LogP contribution in [0.5, 0.6) is 5.75 Å². The van der Waals surface area contributed by atoms with Crippen molar-refractivity contribution in [1.82, 2.24) is 0 Å². The minimum atomic E-state index is -4.58. The van der Waals surface area contributed by atoms with Crippen molar-refractivity contribution in [3.63, 3.8) is 0 Å². The van der Waals surface area contributed by atoms with Gasteiger partial charge in [0.1, 0.15) is 34.6 Å². The number of hydrogen-bond acceptors (Lipinski definition) is 3. The Kier molecular flexibility index (Phi) is 8.76. The van der Waals surface area contributed by atoms with Crippen molar-refractivity contribution in [1.29, 1.82) is 0 Å². The van der Waals surface area contributed by atoms with E-state index in [0.29, 0.717) is 30.3 Å². The summed E-state index contributed by atoms with van der Waals surface area (Å²) in [5.41, 5.74) is -2.90. The van der Waals surface area contributed by atoms with Crippen LogP contribution < -0.4 is 4.74 Å². The topological polar surface area (TPSA) is 27.7 Å². The van der Waals surface area contributed by atoms with Crippen LogP contribution >= 0.6 is 0 Å². The maximum absolute atomic E-state index is 14.9. The number of allylic oxidation sites excluding steroid dienone is 1. The minimum absolute atomic E-state index is 0.0774. The molecule has 1 aliphatic heterocycles. The fourth-order valence-corrected chi connectivity index (χ4v) is 4.72. The molecule has 0 bridgehead atoms. The summed E-state index contributed by atoms with van der Waals surface area (Å²) >= 11 is 0. The van der Waals surface area contributed by atoms with Gasteiger partial charge in [-0.3, -0.25) is 0 Å². The maximum atomic E-state index is 14.9. The fourth-order valence-electron chi connectivity index (χ4n) is 4.72. The Morgan fingerprint density at radius 1 is 0.682 bits per heavy atom. The average molecular weight is 624 g/mol. The third-order valence-electron chi connectivity index (χ3n) is 6.78. The number of hydrogen-bond donors (Lipinski definition) is 0. The summed E-state index contributed by atoms with van der Waals surface area (Å²) in [6.45, 7) is 2.17. The maximum Gasteiger partial charge on any atom is 0.432 e. The molecule has 0 amide bonds. The number of rotatable bonds is 7. The predicted octanol–water partition coefficient (Wildman–Crippen LogP) is 9.36. The van der Waals surface area contributed by atoms with Crippen molar-refractivity contribution in [3.8, 4) is 28.0 Å². The molecule has 1 aliphatic rings. The van der Waals surface area contributed by atoms with Gasteiger partial charge in [0.25, 0.3) is 0 Å². The minimum Gasteiger partial charge on any atom is -0.429 e. The van der Waals surface area contributed by atoms with Gasteiger partial charge in [0.15, 0.2) is 23.7 Å². The van der Waals surface area contributed by atoms with E-state index in [2.05, 4.69) is 4.74 Å². The molecule has 44 heavy (non-hydrogen) atoms. The number of ether oxygens (including phenoxy) is 3. The van der Waals surface area contributed by atoms with Crippen molar-refractivity contribution in [2.45, 2.75) is 19.3 Å². The number of alkyl halides is 2. The van der Waals surface area contributed by atoms with Crippen LogP contribution in [0.1, 0.15) is 24.3 Å². The van der Waals surface area contributed by atoms with Gasteiger partial charge in [0, 0.05) is 28.7 Å². The van der Waals surface area contributed by atoms with E-state index in [1.807, 2.05) is 6.08 Å². The van der Waals surface area contributed by atoms with E-state index < -0.39 is 64.4 Å². The van der Waals surface area contributed by atoms with E-state index in [1.165, 1.54) is 6.07 Å². The summed E-state index contributed by atoms with van der Waals surface area (Å²) in [5, 5.41) is 0. The molecule has 0 radical (unpaired) electrons. The van der Waals surface area contributed by atoms with Gasteiger partial charge in [-0.1, -0.05) is 24.3 Å². The fraction of sp³-hybridized carbons (Fsp3) is 0.188. The second-order valence-corrected chi connectivity index (χ2v) is 9.85. The summed E-state index contributed by atoms with van der Waals surface area (Å²) in [5.74, 6) is -11.2. The zero-order chi connectivity index (χ0) is 31.8. The zero-order valence-corrected chi connectivity index (χ0v) is 22.6. The summed E-state index contributed by atoms with van der Waals surface area (Å²) in [4.78, 5) is 0. The third kappa shape index (κ3) is 6.31. The highest BCUT2D eigenvalue weighted by Crippen LogP contribution is 2.39. The second kappa shape index (κ2) is 12.4. The van der Waals surface area contributed by atoms with Crippen LogP contribution in [0.15, 0.2) is 72.8 Å². The van der Waals surface area contributed by atoms with Gasteiger partial charge in [0.05, 0.1) is 13.2 Å². The molecule has 0 saturated carbocycles. The molecule has 230 valence electrons. The van der Waals surface area contributed by atoms with Gasteiger partial charge in [-0.25, -0.2) is 30.7 Å². The van der Waals surface area contributed by atoms with Crippen molar-refractivity contribution in [2.24, 2.45) is 5.92 Å². The highest BCUT2D eigenvalue weighted by atomic mass is 19.3. The molecule has 0 aromatic heterocycles. The molecule has 0 spiro atoms. The predicted molar refractivity (Wildman–Crippen MR) is 141 cm³/mol. The molecule has 1 fully saturated rings. The lowest BCUT2D eigenvalue weighted by molar-refractivity contribution is -0.198. The van der Waals surface area contributed by atoms with Gasteiger partial charge in [-0.15, -0.1) is 0 Å². The molecule has 0 unspecified atom stereocenters. The van der Waals surface area contributed by atoms with Gasteiger partial charge in [-0.05, 0) is 60.5 Å². The SMILES string of the molecule is C/C=C/C1COC(c2cc(F)c(C(F)(F)Oc3ccc(-c4ccc(-c5cc(F)c(F)c(F)c5)c(F)c4)c(F)c3)c(F)c2)OC1. The first-order chi connectivity index (χ1) is 20.9. The Morgan fingerprint density at radius 3 is 1.80 bits per heavy atom. The molecule has 4 aromatic rings. The van der Waals surface area contributed by atoms with Crippen LogP contribution in [-0.2, 0) is 15.6 Å². The molecule has 5 rings (SSSR count). The number of halogens is 9. The average Bonchev–Trinajstić information content (AvgIpc) is 2.95. The first kappa shape index (κ1) is 31.1. The van der Waals surface area contributed by atoms with Gasteiger partial charge >= 0.3 is 6.11 Å². The lowest BCUT2D eigenvalue weighted by atomic mass is 9.99. The Balaban J connectivity index is 1.35. The highest BCUT2D eigenvalue weighted by molar-refractivity contribution is 5.72. The van der Waals surface area contributed by atoms with E-state index in [-0.39, 0.29) is 46.9 Å². The molecule has 0 atom stereocenters. The summed E-state index contributed by atoms with van der Waals surface area (Å²) in [6.07, 6.45) is -2.15. The Morgan fingerprint density at radius 2 is 1.23 bits per heavy atom. The normalized spacial score (nSPS) is 17.3. The molecule has 1 heterocycles. The van der Waals surface area contributed by atoms with Crippen LogP contribution in [0.2, 0.25) is 0 Å². The molecule has 12 heteroatoms. The van der Waals surface area contributed by atoms with Crippen molar-refractivity contribution in [2.75, 3.05) is 13.2 Å². The Labute approximate surface area is 245 Å². The molecule has 3 nitrogen and oxygen atoms in total. The first-order valence-electron chi connectivity index (χ1n) is 13.0. The smallest absolute Gasteiger partial charge is 0.429 e. The molecule has 4 aromatic carbocycles. The highest BCUT2D eigenvalue weighted by Gasteiger charge is 2.42. The summed E-state index contributed by atoms with van der Waals surface area (Å²) in [6, 6.07) is 7.83. The molecule has 0 N–H and O–H groups in total. The third-order valence-corrected chi connectivity index (χ3v) is 6.78. The van der Waals surface area contributed by atoms with Crippen LogP contribution in [0, 0.1) is 46.6 Å². The monoisotopic (exact) mass is 624 g/mol. The number of benzene rings is 4. The van der Waals surface area contributed by atoms with Crippen molar-refractivity contribution < 1.29 is 53.7 Å². The largest absolute Gasteiger partial charge is 0.432 e. The van der Waals surface area contributed by atoms with Crippen LogP contribution in [0.25, 0.3) is 22.3 Å². The first-order valence-corrected chi connectivity index (χ1v) is 13.0. The van der Waals surface area contributed by atoms with Crippen molar-refractivity contribution >= 4 is 0 Å². The second-order valence-electron chi connectivity index (χ2n) is 9.85. The molecule has 0 aliphatic carbocycles. The van der Waals surface area contributed by atoms with E-state index >= 15 is 0 Å². The van der Waals surface area contributed by atoms with Crippen molar-refractivity contribution in [3.05, 3.63) is 125 Å². The quantitative estimate of drug-likeness (QED) is 0.117. The van der Waals surface area contributed by atoms with Gasteiger partial charge in [-0.2, -0.15) is 8.78 Å². The molecular weight excluding hydrogens is 603 g/mol. The summed E-state index contributed by atoms with van der Waals surface area (Å²) in [7, 11) is 0. The van der Waals surface area contributed by atoms with Crippen LogP contribution in [-0.4, -0.2) is 13.2 Å². The zero-order valence-electron chi connectivity index (χ0n) is 22.6. The standard InChI is InChI=1S/C32H21F9O3/c1-2-3-16-14-42-31(43-15-16)19-11-25(35)29(26(36)12-19)32(40,41)44-20-5-7-21(24(34)13-20)17-4-6-22(23(33)8-17)18-9-27(37)30(39)28(38)10-18/h2-13,16,31H,14-15H2,1H3/b3-2+. The Bertz CT molecular complexity index is 1680. The van der Waals surface area contributed by atoms with Gasteiger partial charge < -0.3 is 14.2 Å². The van der Waals surface area contributed by atoms with Gasteiger partial charge in [0.2, 0.25) is 0 Å². The Hall–Kier alpha value is -4.29.